The van der Waals surface area contributed by atoms with Gasteiger partial charge in [-0.05, 0) is 75.1 Å². The number of carbonyl (C=O) groups is 8. The maximum atomic E-state index is 15.0. The van der Waals surface area contributed by atoms with Crippen molar-refractivity contribution in [3.63, 3.8) is 0 Å². The van der Waals surface area contributed by atoms with E-state index in [1.54, 1.807) is 63.2 Å². The third kappa shape index (κ3) is 16.0. The predicted molar refractivity (Wildman–Crippen MR) is 266 cm³/mol. The summed E-state index contributed by atoms with van der Waals surface area (Å²) in [7, 11) is 1.44. The average Bonchev–Trinajstić information content (AvgIpc) is 3.34. The van der Waals surface area contributed by atoms with Crippen molar-refractivity contribution >= 4 is 58.9 Å². The molecule has 0 radical (unpaired) electrons. The molecule has 2 aliphatic heterocycles. The van der Waals surface area contributed by atoms with Gasteiger partial charge in [0.05, 0.1) is 18.8 Å². The Morgan fingerprint density at radius 3 is 2.07 bits per heavy atom. The number of benzene rings is 2. The number of aliphatic hydroxyl groups is 1. The van der Waals surface area contributed by atoms with Crippen molar-refractivity contribution in [1.29, 1.82) is 0 Å². The van der Waals surface area contributed by atoms with E-state index >= 15 is 4.79 Å². The topological polar surface area (TPSA) is 265 Å². The van der Waals surface area contributed by atoms with Crippen LogP contribution in [0.3, 0.4) is 0 Å². The molecule has 20 heteroatoms. The monoisotopic (exact) mass is 1010 g/mol. The fourth-order valence-corrected chi connectivity index (χ4v) is 8.46. The van der Waals surface area contributed by atoms with Gasteiger partial charge in [0.1, 0.15) is 54.3 Å². The predicted octanol–water partition coefficient (Wildman–Crippen LogP) is 2.31. The van der Waals surface area contributed by atoms with Gasteiger partial charge in [0.25, 0.3) is 0 Å². The molecule has 2 aliphatic rings. The zero-order chi connectivity index (χ0) is 52.7. The number of amides is 8. The lowest BCUT2D eigenvalue weighted by atomic mass is 9.95. The molecule has 2 fully saturated rings. The van der Waals surface area contributed by atoms with Crippen molar-refractivity contribution < 1.29 is 53.3 Å². The van der Waals surface area contributed by atoms with E-state index in [9.17, 15) is 43.8 Å². The number of phenols is 1. The summed E-state index contributed by atoms with van der Waals surface area (Å²) in [6.45, 7) is 13.3. The minimum atomic E-state index is -1.49. The third-order valence-electron chi connectivity index (χ3n) is 13.2. The minimum Gasteiger partial charge on any atom is -0.508 e. The molecule has 1 unspecified atom stereocenters. The van der Waals surface area contributed by atoms with Crippen molar-refractivity contribution in [2.24, 2.45) is 11.8 Å². The van der Waals surface area contributed by atoms with Crippen LogP contribution in [0.15, 0.2) is 65.7 Å². The Labute approximate surface area is 421 Å². The van der Waals surface area contributed by atoms with E-state index in [0.717, 1.165) is 4.90 Å². The molecule has 0 saturated carbocycles. The molecule has 2 bridgehead atoms. The second-order valence-corrected chi connectivity index (χ2v) is 19.3. The number of aromatic hydroxyl groups is 1. The standard InChI is InChI=1S/C51H73ClN8O11/c1-10-30(6)43(57-45(64)31(7)53-41(62)23-29(5)26-52)48(67)58-44-32(8)71-27-38(28(3)4)56-47(66)39(24-34-17-19-35(61)20-18-34)59(9)51(70)40(25-33-15-13-12-14-16-33)60-42(63)22-21-37(50(60)69)55-46(65)36(11-2)54-49(44)68/h12-20,26,28,30-32,36-40,42-44,61,63H,10-11,21-25,27H2,1-9H3,(H,53,62)(H,54,68)(H,55,65)(H,56,66)(H,57,64)(H,58,67)/b29-26+/t30-,31-,32+,36?,37-,38+,39-,40-,42+,43-,44-/m0/s1. The normalized spacial score (nSPS) is 25.6. The number of hydrogen-bond acceptors (Lipinski definition) is 11. The highest BCUT2D eigenvalue weighted by molar-refractivity contribution is 6.25. The second-order valence-electron chi connectivity index (χ2n) is 19.1. The third-order valence-corrected chi connectivity index (χ3v) is 13.6. The fraction of sp³-hybridized carbons (Fsp3) is 0.569. The van der Waals surface area contributed by atoms with Crippen LogP contribution in [0.5, 0.6) is 5.75 Å². The molecule has 0 spiro atoms. The smallest absolute Gasteiger partial charge is 0.247 e. The summed E-state index contributed by atoms with van der Waals surface area (Å²) in [5.74, 6) is -6.22. The molecule has 11 atom stereocenters. The summed E-state index contributed by atoms with van der Waals surface area (Å²) in [6, 6.07) is 5.51. The zero-order valence-electron chi connectivity index (χ0n) is 42.2. The fourth-order valence-electron chi connectivity index (χ4n) is 8.38. The summed E-state index contributed by atoms with van der Waals surface area (Å²) in [4.78, 5) is 116. The summed E-state index contributed by atoms with van der Waals surface area (Å²) < 4.78 is 6.33. The van der Waals surface area contributed by atoms with Crippen LogP contribution >= 0.6 is 11.6 Å². The summed E-state index contributed by atoms with van der Waals surface area (Å²) in [5.41, 5.74) is 3.09. The largest absolute Gasteiger partial charge is 0.508 e. The molecule has 8 N–H and O–H groups in total. The molecule has 0 aromatic heterocycles. The molecule has 19 nitrogen and oxygen atoms in total. The Kier molecular flexibility index (Phi) is 21.8. The Balaban J connectivity index is 1.77. The van der Waals surface area contributed by atoms with Gasteiger partial charge in [-0.1, -0.05) is 101 Å². The highest BCUT2D eigenvalue weighted by Gasteiger charge is 2.45. The quantitative estimate of drug-likeness (QED) is 0.128. The molecule has 2 aromatic carbocycles. The number of ether oxygens (including phenoxy) is 1. The Bertz CT molecular complexity index is 2210. The summed E-state index contributed by atoms with van der Waals surface area (Å²) in [6.07, 6.45) is -2.26. The lowest BCUT2D eigenvalue weighted by molar-refractivity contribution is -0.165. The molecule has 4 rings (SSSR count). The highest BCUT2D eigenvalue weighted by atomic mass is 35.5. The van der Waals surface area contributed by atoms with Crippen LogP contribution in [0.2, 0.25) is 0 Å². The van der Waals surface area contributed by atoms with Gasteiger partial charge in [0, 0.05) is 31.8 Å². The number of fused-ring (bicyclic) bond motifs is 2. The zero-order valence-corrected chi connectivity index (χ0v) is 43.0. The Morgan fingerprint density at radius 1 is 0.831 bits per heavy atom. The van der Waals surface area contributed by atoms with Gasteiger partial charge in [0.2, 0.25) is 47.3 Å². The van der Waals surface area contributed by atoms with E-state index in [1.807, 2.05) is 20.8 Å². The molecule has 0 aliphatic carbocycles. The molecule has 8 amide bonds. The van der Waals surface area contributed by atoms with Crippen molar-refractivity contribution in [3.8, 4) is 5.75 Å². The SMILES string of the molecule is CCC1NC(=O)[C@@H](NC(=O)[C@@H](NC(=O)[C@H](C)NC(=O)C/C(C)=C/Cl)[C@@H](C)CC)[C@@H](C)OC[C@H](C(C)C)NC(=O)[C@H](Cc2ccc(O)cc2)N(C)C(=O)[C@H](Cc2ccccc2)N2C(=O)[C@H](CC[C@H]2O)NC1=O. The highest BCUT2D eigenvalue weighted by Crippen LogP contribution is 2.26. The lowest BCUT2D eigenvalue weighted by Gasteiger charge is -2.43. The van der Waals surface area contributed by atoms with Crippen LogP contribution in [-0.2, 0) is 55.9 Å². The number of aliphatic hydroxyl groups excluding tert-OH is 1. The van der Waals surface area contributed by atoms with Crippen LogP contribution in [0.1, 0.15) is 98.6 Å². The number of rotatable bonds is 15. The van der Waals surface area contributed by atoms with Crippen molar-refractivity contribution in [1.82, 2.24) is 41.7 Å². The van der Waals surface area contributed by atoms with Crippen LogP contribution < -0.4 is 31.9 Å². The number of likely N-dealkylation sites (N-methyl/N-ethyl adjacent to an activating group) is 1. The van der Waals surface area contributed by atoms with Crippen LogP contribution in [0.25, 0.3) is 0 Å². The Morgan fingerprint density at radius 2 is 1.46 bits per heavy atom. The van der Waals surface area contributed by atoms with E-state index in [-0.39, 0.29) is 56.8 Å². The molecule has 2 saturated heterocycles. The second kappa shape index (κ2) is 27.0. The number of phenolic OH excluding ortho intramolecular Hbond substituents is 1. The number of piperidine rings is 1. The maximum absolute atomic E-state index is 15.0. The van der Waals surface area contributed by atoms with Crippen LogP contribution in [-0.4, -0.2) is 142 Å². The number of halogens is 1. The van der Waals surface area contributed by atoms with Crippen molar-refractivity contribution in [2.75, 3.05) is 13.7 Å². The summed E-state index contributed by atoms with van der Waals surface area (Å²) in [5, 5.41) is 38.1. The molecular weight excluding hydrogens is 936 g/mol. The molecule has 2 heterocycles. The van der Waals surface area contributed by atoms with E-state index in [4.69, 9.17) is 16.3 Å². The van der Waals surface area contributed by atoms with Crippen LogP contribution in [0.4, 0.5) is 0 Å². The molecule has 2 aromatic rings. The number of hydrogen-bond donors (Lipinski definition) is 8. The van der Waals surface area contributed by atoms with Gasteiger partial charge in [-0.15, -0.1) is 0 Å². The van der Waals surface area contributed by atoms with Crippen molar-refractivity contribution in [2.45, 2.75) is 161 Å². The number of nitrogens with one attached hydrogen (secondary N) is 6. The van der Waals surface area contributed by atoms with E-state index in [1.165, 1.54) is 43.5 Å². The van der Waals surface area contributed by atoms with Gasteiger partial charge in [0.15, 0.2) is 0 Å². The first kappa shape index (κ1) is 57.5. The van der Waals surface area contributed by atoms with Gasteiger partial charge in [-0.25, -0.2) is 0 Å². The Hall–Kier alpha value is -6.05. The number of nitrogens with zero attached hydrogens (tertiary/aromatic N) is 2. The molecule has 390 valence electrons. The number of carbonyl (C=O) groups excluding carboxylic acids is 8. The molecular formula is C51H73ClN8O11. The van der Waals surface area contributed by atoms with E-state index in [2.05, 4.69) is 31.9 Å². The summed E-state index contributed by atoms with van der Waals surface area (Å²) >= 11 is 5.71. The maximum Gasteiger partial charge on any atom is 0.247 e. The van der Waals surface area contributed by atoms with Gasteiger partial charge >= 0.3 is 0 Å². The first-order chi connectivity index (χ1) is 33.6. The van der Waals surface area contributed by atoms with Crippen LogP contribution in [0, 0.1) is 11.8 Å². The van der Waals surface area contributed by atoms with Gasteiger partial charge in [-0.3, -0.25) is 38.4 Å². The first-order valence-electron chi connectivity index (χ1n) is 24.4. The minimum absolute atomic E-state index is 0.00410. The average molecular weight is 1010 g/mol. The van der Waals surface area contributed by atoms with E-state index < -0.39 is 114 Å². The van der Waals surface area contributed by atoms with Crippen molar-refractivity contribution in [3.05, 3.63) is 76.8 Å². The molecule has 71 heavy (non-hydrogen) atoms. The van der Waals surface area contributed by atoms with E-state index in [0.29, 0.717) is 23.1 Å². The van der Waals surface area contributed by atoms with Gasteiger partial charge in [-0.2, -0.15) is 0 Å². The van der Waals surface area contributed by atoms with Gasteiger partial charge < -0.3 is 56.7 Å². The lowest BCUT2D eigenvalue weighted by Crippen LogP contribution is -2.65. The first-order valence-corrected chi connectivity index (χ1v) is 24.8.